The molecular formula is C17H26N4. The average Bonchev–Trinajstić information content (AvgIpc) is 2.53. The zero-order valence-electron chi connectivity index (χ0n) is 13.3. The summed E-state index contributed by atoms with van der Waals surface area (Å²) in [5, 5.41) is 9.01. The Bertz CT molecular complexity index is 455. The van der Waals surface area contributed by atoms with Crippen molar-refractivity contribution in [2.45, 2.75) is 33.1 Å². The Hall–Kier alpha value is -1.60. The van der Waals surface area contributed by atoms with E-state index < -0.39 is 0 Å². The van der Waals surface area contributed by atoms with E-state index in [1.165, 1.54) is 6.42 Å². The maximum Gasteiger partial charge on any atom is 0.128 e. The summed E-state index contributed by atoms with van der Waals surface area (Å²) in [6.45, 7) is 9.53. The van der Waals surface area contributed by atoms with Crippen molar-refractivity contribution in [1.29, 1.82) is 5.26 Å². The van der Waals surface area contributed by atoms with Gasteiger partial charge < -0.3 is 4.90 Å². The van der Waals surface area contributed by atoms with Gasteiger partial charge in [-0.1, -0.05) is 12.5 Å². The van der Waals surface area contributed by atoms with E-state index >= 15 is 0 Å². The minimum Gasteiger partial charge on any atom is -0.354 e. The van der Waals surface area contributed by atoms with Crippen molar-refractivity contribution in [1.82, 2.24) is 9.88 Å². The summed E-state index contributed by atoms with van der Waals surface area (Å²) in [6.07, 6.45) is 5.19. The summed E-state index contributed by atoms with van der Waals surface area (Å²) >= 11 is 0. The molecule has 4 heteroatoms. The van der Waals surface area contributed by atoms with E-state index in [-0.39, 0.29) is 5.41 Å². The van der Waals surface area contributed by atoms with Crippen molar-refractivity contribution in [3.05, 3.63) is 24.4 Å². The monoisotopic (exact) mass is 286 g/mol. The van der Waals surface area contributed by atoms with Crippen molar-refractivity contribution < 1.29 is 0 Å². The topological polar surface area (TPSA) is 43.2 Å². The van der Waals surface area contributed by atoms with Crippen molar-refractivity contribution in [2.75, 3.05) is 37.6 Å². The fraction of sp³-hybridized carbons (Fsp3) is 0.647. The summed E-state index contributed by atoms with van der Waals surface area (Å²) in [7, 11) is 0. The third kappa shape index (κ3) is 5.02. The number of pyridine rings is 1. The largest absolute Gasteiger partial charge is 0.354 e. The van der Waals surface area contributed by atoms with E-state index in [0.29, 0.717) is 0 Å². The SMILES string of the molecule is CC(C)(C#N)CCCCN1CCN(c2ccccn2)CC1. The van der Waals surface area contributed by atoms with Crippen LogP contribution in [-0.2, 0) is 0 Å². The van der Waals surface area contributed by atoms with Crippen molar-refractivity contribution in [3.63, 3.8) is 0 Å². The van der Waals surface area contributed by atoms with Crippen LogP contribution in [0.4, 0.5) is 5.82 Å². The van der Waals surface area contributed by atoms with E-state index in [1.54, 1.807) is 0 Å². The lowest BCUT2D eigenvalue weighted by molar-refractivity contribution is 0.248. The number of hydrogen-bond donors (Lipinski definition) is 0. The molecule has 21 heavy (non-hydrogen) atoms. The molecule has 0 amide bonds. The van der Waals surface area contributed by atoms with E-state index in [9.17, 15) is 0 Å². The highest BCUT2D eigenvalue weighted by atomic mass is 15.3. The highest BCUT2D eigenvalue weighted by Gasteiger charge is 2.18. The summed E-state index contributed by atoms with van der Waals surface area (Å²) < 4.78 is 0. The highest BCUT2D eigenvalue weighted by Crippen LogP contribution is 2.22. The van der Waals surface area contributed by atoms with Crippen LogP contribution in [-0.4, -0.2) is 42.6 Å². The summed E-state index contributed by atoms with van der Waals surface area (Å²) in [6, 6.07) is 8.47. The minimum atomic E-state index is -0.169. The van der Waals surface area contributed by atoms with Gasteiger partial charge in [0, 0.05) is 32.4 Å². The lowest BCUT2D eigenvalue weighted by Crippen LogP contribution is -2.46. The molecule has 4 nitrogen and oxygen atoms in total. The van der Waals surface area contributed by atoms with E-state index in [2.05, 4.69) is 26.9 Å². The van der Waals surface area contributed by atoms with E-state index in [1.807, 2.05) is 32.2 Å². The molecular weight excluding hydrogens is 260 g/mol. The number of unbranched alkanes of at least 4 members (excludes halogenated alkanes) is 1. The third-order valence-corrected chi connectivity index (χ3v) is 4.17. The molecule has 2 heterocycles. The molecule has 0 spiro atoms. The number of piperazine rings is 1. The van der Waals surface area contributed by atoms with Gasteiger partial charge in [0.2, 0.25) is 0 Å². The zero-order chi connectivity index (χ0) is 15.1. The van der Waals surface area contributed by atoms with Crippen LogP contribution in [0.15, 0.2) is 24.4 Å². The zero-order valence-corrected chi connectivity index (χ0v) is 13.3. The first-order valence-corrected chi connectivity index (χ1v) is 7.90. The molecule has 1 aliphatic rings. The van der Waals surface area contributed by atoms with Crippen molar-refractivity contribution in [2.24, 2.45) is 5.41 Å². The average molecular weight is 286 g/mol. The highest BCUT2D eigenvalue weighted by molar-refractivity contribution is 5.38. The Morgan fingerprint density at radius 2 is 1.95 bits per heavy atom. The van der Waals surface area contributed by atoms with Gasteiger partial charge in [-0.3, -0.25) is 4.90 Å². The Morgan fingerprint density at radius 1 is 1.19 bits per heavy atom. The number of aromatic nitrogens is 1. The van der Waals surface area contributed by atoms with Crippen LogP contribution >= 0.6 is 0 Å². The maximum atomic E-state index is 9.01. The lowest BCUT2D eigenvalue weighted by Gasteiger charge is -2.35. The summed E-state index contributed by atoms with van der Waals surface area (Å²) in [4.78, 5) is 9.30. The molecule has 0 saturated carbocycles. The second kappa shape index (κ2) is 7.42. The van der Waals surface area contributed by atoms with Gasteiger partial charge in [-0.05, 0) is 45.4 Å². The standard InChI is InChI=1S/C17H26N4/c1-17(2,15-18)8-4-6-10-20-11-13-21(14-12-20)16-7-3-5-9-19-16/h3,5,7,9H,4,6,8,10-14H2,1-2H3. The van der Waals surface area contributed by atoms with E-state index in [0.717, 1.165) is 51.4 Å². The second-order valence-corrected chi connectivity index (χ2v) is 6.47. The molecule has 1 aliphatic heterocycles. The summed E-state index contributed by atoms with van der Waals surface area (Å²) in [5.41, 5.74) is -0.169. The molecule has 0 aromatic carbocycles. The number of rotatable bonds is 6. The Balaban J connectivity index is 1.65. The summed E-state index contributed by atoms with van der Waals surface area (Å²) in [5.74, 6) is 1.09. The molecule has 2 rings (SSSR count). The molecule has 114 valence electrons. The van der Waals surface area contributed by atoms with Gasteiger partial charge in [0.05, 0.1) is 11.5 Å². The Kier molecular flexibility index (Phi) is 5.58. The van der Waals surface area contributed by atoms with Crippen LogP contribution in [0.25, 0.3) is 0 Å². The quantitative estimate of drug-likeness (QED) is 0.754. The van der Waals surface area contributed by atoms with Gasteiger partial charge in [-0.15, -0.1) is 0 Å². The lowest BCUT2D eigenvalue weighted by atomic mass is 9.89. The first kappa shape index (κ1) is 15.8. The van der Waals surface area contributed by atoms with Gasteiger partial charge in [0.15, 0.2) is 0 Å². The number of nitriles is 1. The number of anilines is 1. The van der Waals surface area contributed by atoms with E-state index in [4.69, 9.17) is 5.26 Å². The normalized spacial score (nSPS) is 16.7. The van der Waals surface area contributed by atoms with Gasteiger partial charge in [-0.2, -0.15) is 5.26 Å². The van der Waals surface area contributed by atoms with Crippen LogP contribution in [0.3, 0.4) is 0 Å². The number of hydrogen-bond acceptors (Lipinski definition) is 4. The molecule has 0 N–H and O–H groups in total. The third-order valence-electron chi connectivity index (χ3n) is 4.17. The van der Waals surface area contributed by atoms with Crippen LogP contribution < -0.4 is 4.90 Å². The molecule has 0 aliphatic carbocycles. The minimum absolute atomic E-state index is 0.169. The second-order valence-electron chi connectivity index (χ2n) is 6.47. The molecule has 0 atom stereocenters. The smallest absolute Gasteiger partial charge is 0.128 e. The van der Waals surface area contributed by atoms with Crippen LogP contribution in [0, 0.1) is 16.7 Å². The molecule has 1 aromatic heterocycles. The van der Waals surface area contributed by atoms with Crippen LogP contribution in [0.1, 0.15) is 33.1 Å². The van der Waals surface area contributed by atoms with Crippen molar-refractivity contribution in [3.8, 4) is 6.07 Å². The predicted molar refractivity (Wildman–Crippen MR) is 86.1 cm³/mol. The Labute approximate surface area is 128 Å². The van der Waals surface area contributed by atoms with Gasteiger partial charge in [0.25, 0.3) is 0 Å². The molecule has 0 bridgehead atoms. The van der Waals surface area contributed by atoms with Gasteiger partial charge in [0.1, 0.15) is 5.82 Å². The predicted octanol–water partition coefficient (Wildman–Crippen LogP) is 2.92. The Morgan fingerprint density at radius 3 is 2.57 bits per heavy atom. The van der Waals surface area contributed by atoms with Crippen molar-refractivity contribution >= 4 is 5.82 Å². The molecule has 0 unspecified atom stereocenters. The van der Waals surface area contributed by atoms with Crippen LogP contribution in [0.2, 0.25) is 0 Å². The van der Waals surface area contributed by atoms with Crippen LogP contribution in [0.5, 0.6) is 0 Å². The van der Waals surface area contributed by atoms with Gasteiger partial charge in [-0.25, -0.2) is 4.98 Å². The number of nitrogens with zero attached hydrogens (tertiary/aromatic N) is 4. The first-order chi connectivity index (χ1) is 10.1. The fourth-order valence-electron chi connectivity index (χ4n) is 2.70. The van der Waals surface area contributed by atoms with Gasteiger partial charge >= 0.3 is 0 Å². The molecule has 1 aromatic rings. The molecule has 1 fully saturated rings. The first-order valence-electron chi connectivity index (χ1n) is 7.90. The molecule has 1 saturated heterocycles. The fourth-order valence-corrected chi connectivity index (χ4v) is 2.70. The molecule has 0 radical (unpaired) electrons. The maximum absolute atomic E-state index is 9.01.